The maximum Gasteiger partial charge on any atom is 0.413 e. The third-order valence-electron chi connectivity index (χ3n) is 2.54. The molecule has 1 rings (SSSR count). The van der Waals surface area contributed by atoms with Gasteiger partial charge in [0.05, 0.1) is 5.03 Å². The molecule has 0 aliphatic rings. The summed E-state index contributed by atoms with van der Waals surface area (Å²) in [6.45, 7) is 6.08. The standard InChI is InChI=1S/C15H17ClF3NO2/c1-9(15(17,18)19)12(16)10-5-7-11(8-6-10)20-13(21)22-14(2,3)4/h5-8H,1-4H3,(H,20,21)/b12-9+. The van der Waals surface area contributed by atoms with Crippen LogP contribution in [0.2, 0.25) is 0 Å². The molecule has 3 nitrogen and oxygen atoms in total. The van der Waals surface area contributed by atoms with Crippen LogP contribution in [0.15, 0.2) is 29.8 Å². The Labute approximate surface area is 132 Å². The van der Waals surface area contributed by atoms with Gasteiger partial charge in [0, 0.05) is 11.3 Å². The highest BCUT2D eigenvalue weighted by Gasteiger charge is 2.32. The van der Waals surface area contributed by atoms with Gasteiger partial charge in [-0.25, -0.2) is 4.79 Å². The van der Waals surface area contributed by atoms with Crippen LogP contribution >= 0.6 is 11.6 Å². The van der Waals surface area contributed by atoms with E-state index in [-0.39, 0.29) is 10.6 Å². The molecule has 1 aromatic rings. The molecule has 0 bridgehead atoms. The molecule has 1 amide bonds. The van der Waals surface area contributed by atoms with Crippen LogP contribution in [-0.4, -0.2) is 17.9 Å². The highest BCUT2D eigenvalue weighted by atomic mass is 35.5. The van der Waals surface area contributed by atoms with Crippen molar-refractivity contribution >= 4 is 28.4 Å². The summed E-state index contributed by atoms with van der Waals surface area (Å²) in [6.07, 6.45) is -5.13. The maximum absolute atomic E-state index is 12.6. The van der Waals surface area contributed by atoms with Gasteiger partial charge in [-0.15, -0.1) is 0 Å². The highest BCUT2D eigenvalue weighted by molar-refractivity contribution is 6.49. The van der Waals surface area contributed by atoms with Crippen LogP contribution < -0.4 is 5.32 Å². The van der Waals surface area contributed by atoms with Crippen molar-refractivity contribution in [2.45, 2.75) is 39.5 Å². The van der Waals surface area contributed by atoms with Crippen LogP contribution in [0.4, 0.5) is 23.7 Å². The Balaban J connectivity index is 2.86. The Kier molecular flexibility index (Phi) is 5.51. The number of allylic oxidation sites excluding steroid dienone is 1. The first-order valence-electron chi connectivity index (χ1n) is 6.44. The molecule has 0 radical (unpaired) electrons. The minimum Gasteiger partial charge on any atom is -0.444 e. The summed E-state index contributed by atoms with van der Waals surface area (Å²) in [7, 11) is 0. The molecule has 0 saturated heterocycles. The predicted molar refractivity (Wildman–Crippen MR) is 80.8 cm³/mol. The second-order valence-electron chi connectivity index (χ2n) is 5.64. The molecule has 0 aromatic heterocycles. The summed E-state index contributed by atoms with van der Waals surface area (Å²) in [5.41, 5.74) is -0.903. The van der Waals surface area contributed by atoms with Crippen LogP contribution in [0.5, 0.6) is 0 Å². The smallest absolute Gasteiger partial charge is 0.413 e. The molecule has 0 spiro atoms. The average molecular weight is 336 g/mol. The quantitative estimate of drug-likeness (QED) is 0.767. The number of rotatable bonds is 2. The van der Waals surface area contributed by atoms with Crippen molar-refractivity contribution in [3.8, 4) is 0 Å². The number of anilines is 1. The molecule has 122 valence electrons. The summed E-state index contributed by atoms with van der Waals surface area (Å²) in [5.74, 6) is 0. The SMILES string of the molecule is C/C(=C(\Cl)c1ccc(NC(=O)OC(C)(C)C)cc1)C(F)(F)F. The van der Waals surface area contributed by atoms with Gasteiger partial charge in [-0.1, -0.05) is 23.7 Å². The number of halogens is 4. The van der Waals surface area contributed by atoms with E-state index in [4.69, 9.17) is 16.3 Å². The lowest BCUT2D eigenvalue weighted by molar-refractivity contribution is -0.0905. The van der Waals surface area contributed by atoms with E-state index in [1.54, 1.807) is 20.8 Å². The van der Waals surface area contributed by atoms with Crippen LogP contribution in [0.25, 0.3) is 5.03 Å². The Morgan fingerprint density at radius 1 is 1.14 bits per heavy atom. The summed E-state index contributed by atoms with van der Waals surface area (Å²) >= 11 is 5.73. The van der Waals surface area contributed by atoms with Gasteiger partial charge in [-0.2, -0.15) is 13.2 Å². The van der Waals surface area contributed by atoms with Crippen molar-refractivity contribution in [3.05, 3.63) is 35.4 Å². The lowest BCUT2D eigenvalue weighted by Gasteiger charge is -2.19. The fraction of sp³-hybridized carbons (Fsp3) is 0.400. The first kappa shape index (κ1) is 18.4. The number of alkyl halides is 3. The van der Waals surface area contributed by atoms with E-state index in [2.05, 4.69) is 5.32 Å². The van der Waals surface area contributed by atoms with Gasteiger partial charge >= 0.3 is 12.3 Å². The molecule has 0 atom stereocenters. The molecule has 0 heterocycles. The number of amides is 1. The first-order chi connectivity index (χ1) is 9.90. The fourth-order valence-corrected chi connectivity index (χ4v) is 1.70. The Morgan fingerprint density at radius 3 is 2.05 bits per heavy atom. The van der Waals surface area contributed by atoms with E-state index in [0.717, 1.165) is 6.92 Å². The van der Waals surface area contributed by atoms with Crippen LogP contribution in [0, 0.1) is 0 Å². The number of ether oxygens (including phenoxy) is 1. The second-order valence-corrected chi connectivity index (χ2v) is 6.02. The Morgan fingerprint density at radius 2 is 1.64 bits per heavy atom. The highest BCUT2D eigenvalue weighted by Crippen LogP contribution is 2.34. The van der Waals surface area contributed by atoms with Crippen LogP contribution in [-0.2, 0) is 4.74 Å². The zero-order chi connectivity index (χ0) is 17.1. The van der Waals surface area contributed by atoms with Gasteiger partial charge in [-0.3, -0.25) is 5.32 Å². The molecular weight excluding hydrogens is 319 g/mol. The molecule has 0 aliphatic heterocycles. The minimum absolute atomic E-state index is 0.214. The van der Waals surface area contributed by atoms with Gasteiger partial charge in [0.2, 0.25) is 0 Å². The van der Waals surface area contributed by atoms with E-state index >= 15 is 0 Å². The third kappa shape index (κ3) is 5.60. The summed E-state index contributed by atoms with van der Waals surface area (Å²) in [4.78, 5) is 11.6. The van der Waals surface area contributed by atoms with E-state index in [1.807, 2.05) is 0 Å². The third-order valence-corrected chi connectivity index (χ3v) is 3.04. The lowest BCUT2D eigenvalue weighted by Crippen LogP contribution is -2.27. The van der Waals surface area contributed by atoms with E-state index in [9.17, 15) is 18.0 Å². The van der Waals surface area contributed by atoms with Gasteiger partial charge in [-0.05, 0) is 45.4 Å². The number of nitrogens with one attached hydrogen (secondary N) is 1. The van der Waals surface area contributed by atoms with Gasteiger partial charge in [0.15, 0.2) is 0 Å². The number of hydrogen-bond acceptors (Lipinski definition) is 2. The minimum atomic E-state index is -4.48. The van der Waals surface area contributed by atoms with Crippen molar-refractivity contribution in [3.63, 3.8) is 0 Å². The summed E-state index contributed by atoms with van der Waals surface area (Å²) in [6, 6.07) is 5.69. The fourth-order valence-electron chi connectivity index (χ4n) is 1.46. The largest absolute Gasteiger partial charge is 0.444 e. The molecule has 22 heavy (non-hydrogen) atoms. The zero-order valence-corrected chi connectivity index (χ0v) is 13.4. The predicted octanol–water partition coefficient (Wildman–Crippen LogP) is 5.57. The van der Waals surface area contributed by atoms with Crippen molar-refractivity contribution in [2.75, 3.05) is 5.32 Å². The second kappa shape index (κ2) is 6.60. The van der Waals surface area contributed by atoms with Crippen molar-refractivity contribution in [1.29, 1.82) is 0 Å². The van der Waals surface area contributed by atoms with E-state index < -0.39 is 23.4 Å². The Bertz CT molecular complexity index is 572. The van der Waals surface area contributed by atoms with E-state index in [1.165, 1.54) is 24.3 Å². The normalized spacial score (nSPS) is 13.5. The zero-order valence-electron chi connectivity index (χ0n) is 12.6. The molecule has 0 fully saturated rings. The summed E-state index contributed by atoms with van der Waals surface area (Å²) < 4.78 is 42.8. The molecular formula is C15H17ClF3NO2. The molecule has 0 saturated carbocycles. The lowest BCUT2D eigenvalue weighted by atomic mass is 10.1. The summed E-state index contributed by atoms with van der Waals surface area (Å²) in [5, 5.41) is 2.10. The van der Waals surface area contributed by atoms with Gasteiger partial charge in [0.25, 0.3) is 0 Å². The molecule has 1 aromatic carbocycles. The van der Waals surface area contributed by atoms with Crippen LogP contribution in [0.1, 0.15) is 33.3 Å². The van der Waals surface area contributed by atoms with Crippen LogP contribution in [0.3, 0.4) is 0 Å². The van der Waals surface area contributed by atoms with Gasteiger partial charge in [0.1, 0.15) is 5.60 Å². The molecule has 0 unspecified atom stereocenters. The van der Waals surface area contributed by atoms with Gasteiger partial charge < -0.3 is 4.74 Å². The number of carbonyl (C=O) groups is 1. The first-order valence-corrected chi connectivity index (χ1v) is 6.82. The van der Waals surface area contributed by atoms with Crippen molar-refractivity contribution in [1.82, 2.24) is 0 Å². The van der Waals surface area contributed by atoms with E-state index in [0.29, 0.717) is 5.69 Å². The monoisotopic (exact) mass is 335 g/mol. The van der Waals surface area contributed by atoms with Crippen molar-refractivity contribution in [2.24, 2.45) is 0 Å². The Hall–Kier alpha value is -1.69. The maximum atomic E-state index is 12.6. The number of carbonyl (C=O) groups excluding carboxylic acids is 1. The topological polar surface area (TPSA) is 38.3 Å². The van der Waals surface area contributed by atoms with Crippen molar-refractivity contribution < 1.29 is 22.7 Å². The molecule has 1 N–H and O–H groups in total. The number of benzene rings is 1. The number of hydrogen-bond donors (Lipinski definition) is 1. The molecule has 7 heteroatoms. The average Bonchev–Trinajstić information content (AvgIpc) is 2.34. The molecule has 0 aliphatic carbocycles.